The van der Waals surface area contributed by atoms with Crippen molar-refractivity contribution in [3.63, 3.8) is 0 Å². The van der Waals surface area contributed by atoms with E-state index in [4.69, 9.17) is 18.9 Å². The fourth-order valence-electron chi connectivity index (χ4n) is 11.2. The number of esters is 2. The van der Waals surface area contributed by atoms with E-state index in [1.807, 2.05) is 21.1 Å². The van der Waals surface area contributed by atoms with Gasteiger partial charge in [0.1, 0.15) is 13.2 Å². The third kappa shape index (κ3) is 65.6. The topological polar surface area (TPSA) is 111 Å². The highest BCUT2D eigenvalue weighted by Gasteiger charge is 2.22. The van der Waals surface area contributed by atoms with Gasteiger partial charge in [0.2, 0.25) is 0 Å². The van der Waals surface area contributed by atoms with Crippen LogP contribution in [0.5, 0.6) is 0 Å². The molecule has 2 unspecified atom stereocenters. The number of rotatable bonds is 69. The molecule has 0 saturated carbocycles. The normalized spacial score (nSPS) is 12.6. The van der Waals surface area contributed by atoms with E-state index in [1.54, 1.807) is 0 Å². The van der Waals surface area contributed by atoms with E-state index in [0.29, 0.717) is 23.9 Å². The molecule has 0 bridgehead atoms. The number of hydrogen-bond donors (Lipinski definition) is 0. The first kappa shape index (κ1) is 80.0. The zero-order chi connectivity index (χ0) is 59.8. The van der Waals surface area contributed by atoms with Crippen LogP contribution in [0, 0.1) is 0 Å². The molecule has 0 aliphatic carbocycles. The summed E-state index contributed by atoms with van der Waals surface area (Å²) in [7, 11) is 5.94. The van der Waals surface area contributed by atoms with Crippen LogP contribution in [-0.4, -0.2) is 82.3 Å². The van der Waals surface area contributed by atoms with Crippen molar-refractivity contribution in [1.82, 2.24) is 0 Å². The van der Waals surface area contributed by atoms with Gasteiger partial charge in [-0.25, -0.2) is 0 Å². The average molecular weight is 1160 g/mol. The summed E-state index contributed by atoms with van der Waals surface area (Å²) in [5.74, 6) is -2.26. The molecular formula is C73H141NO8. The molecule has 0 aromatic rings. The van der Waals surface area contributed by atoms with E-state index in [2.05, 4.69) is 26.0 Å². The second-order valence-electron chi connectivity index (χ2n) is 26.2. The van der Waals surface area contributed by atoms with Crippen molar-refractivity contribution in [2.75, 3.05) is 47.5 Å². The molecule has 486 valence electrons. The Hall–Kier alpha value is -1.97. The van der Waals surface area contributed by atoms with Crippen molar-refractivity contribution in [3.8, 4) is 0 Å². The van der Waals surface area contributed by atoms with Crippen molar-refractivity contribution in [1.29, 1.82) is 0 Å². The van der Waals surface area contributed by atoms with E-state index < -0.39 is 24.3 Å². The molecule has 0 radical (unpaired) electrons. The smallest absolute Gasteiger partial charge is 0.306 e. The van der Waals surface area contributed by atoms with Gasteiger partial charge in [-0.3, -0.25) is 9.59 Å². The van der Waals surface area contributed by atoms with Crippen molar-refractivity contribution in [3.05, 3.63) is 12.2 Å². The molecular weight excluding hydrogens is 1020 g/mol. The second kappa shape index (κ2) is 65.0. The summed E-state index contributed by atoms with van der Waals surface area (Å²) < 4.78 is 22.8. The molecule has 0 N–H and O–H groups in total. The van der Waals surface area contributed by atoms with Crippen LogP contribution in [0.4, 0.5) is 0 Å². The van der Waals surface area contributed by atoms with Gasteiger partial charge >= 0.3 is 11.9 Å². The molecule has 0 heterocycles. The van der Waals surface area contributed by atoms with Gasteiger partial charge < -0.3 is 33.3 Å². The highest BCUT2D eigenvalue weighted by molar-refractivity contribution is 5.70. The monoisotopic (exact) mass is 1160 g/mol. The van der Waals surface area contributed by atoms with Gasteiger partial charge in [-0.1, -0.05) is 341 Å². The molecule has 0 aromatic carbocycles. The third-order valence-electron chi connectivity index (χ3n) is 16.8. The Balaban J connectivity index is 3.92. The van der Waals surface area contributed by atoms with Crippen LogP contribution in [0.25, 0.3) is 0 Å². The molecule has 82 heavy (non-hydrogen) atoms. The minimum Gasteiger partial charge on any atom is -0.545 e. The Morgan fingerprint density at radius 1 is 0.354 bits per heavy atom. The maximum absolute atomic E-state index is 12.9. The summed E-state index contributed by atoms with van der Waals surface area (Å²) in [6, 6.07) is 0. The molecule has 0 spiro atoms. The SMILES string of the molecule is CCCCCCCC/C=C\CCCCCCCCCCCC(=O)OC(COC(=O)CCCCCCCCCCCCCCCCCCCCCCCCCCCCCCCCCCCCCCCC)COC(OCC[N+](C)(C)C)C(=O)[O-]. The predicted molar refractivity (Wildman–Crippen MR) is 348 cm³/mol. The maximum Gasteiger partial charge on any atom is 0.306 e. The highest BCUT2D eigenvalue weighted by atomic mass is 16.7. The summed E-state index contributed by atoms with van der Waals surface area (Å²) in [6.07, 6.45) is 76.1. The number of allylic oxidation sites excluding steroid dienone is 2. The molecule has 0 aliphatic rings. The van der Waals surface area contributed by atoms with Gasteiger partial charge in [-0.05, 0) is 38.5 Å². The molecule has 2 atom stereocenters. The first-order valence-corrected chi connectivity index (χ1v) is 36.3. The van der Waals surface area contributed by atoms with E-state index in [1.165, 1.54) is 308 Å². The van der Waals surface area contributed by atoms with Crippen LogP contribution in [0.15, 0.2) is 12.2 Å². The lowest BCUT2D eigenvalue weighted by molar-refractivity contribution is -0.870. The molecule has 0 fully saturated rings. The largest absolute Gasteiger partial charge is 0.545 e. The average Bonchev–Trinajstić information content (AvgIpc) is 3.45. The number of carbonyl (C=O) groups is 3. The molecule has 9 heteroatoms. The number of likely N-dealkylation sites (N-methyl/N-ethyl adjacent to an activating group) is 1. The van der Waals surface area contributed by atoms with Gasteiger partial charge in [-0.2, -0.15) is 0 Å². The molecule has 0 aromatic heterocycles. The Kier molecular flexibility index (Phi) is 63.5. The number of carboxylic acid groups (broad SMARTS) is 1. The van der Waals surface area contributed by atoms with Crippen LogP contribution in [-0.2, 0) is 33.3 Å². The standard InChI is InChI=1S/C73H141NO8/c1-6-8-10-12-14-16-18-20-22-24-26-27-28-29-30-31-32-33-34-35-36-37-38-39-40-41-42-43-44-46-47-49-51-53-55-57-59-61-63-70(75)80-67-69(68-81-73(72(77)78)79-66-65-74(3,4)5)82-71(76)64-62-60-58-56-54-52-50-48-45-25-23-21-19-17-15-13-11-9-7-2/h21,23,69,73H,6-20,22,24-68H2,1-5H3/b23-21-. The van der Waals surface area contributed by atoms with E-state index in [0.717, 1.165) is 38.5 Å². The van der Waals surface area contributed by atoms with Gasteiger partial charge in [0, 0.05) is 12.8 Å². The third-order valence-corrected chi connectivity index (χ3v) is 16.8. The van der Waals surface area contributed by atoms with Gasteiger partial charge in [0.25, 0.3) is 0 Å². The Morgan fingerprint density at radius 3 is 0.902 bits per heavy atom. The fraction of sp³-hybridized carbons (Fsp3) is 0.932. The lowest BCUT2D eigenvalue weighted by atomic mass is 10.0. The van der Waals surface area contributed by atoms with Crippen LogP contribution in [0.2, 0.25) is 0 Å². The number of nitrogens with zero attached hydrogens (tertiary/aromatic N) is 1. The van der Waals surface area contributed by atoms with Crippen molar-refractivity contribution in [2.24, 2.45) is 0 Å². The number of unbranched alkanes of at least 4 members (excludes halogenated alkanes) is 52. The zero-order valence-electron chi connectivity index (χ0n) is 55.7. The molecule has 0 saturated heterocycles. The number of quaternary nitrogens is 1. The van der Waals surface area contributed by atoms with Crippen molar-refractivity contribution >= 4 is 17.9 Å². The summed E-state index contributed by atoms with van der Waals surface area (Å²) in [5, 5.41) is 11.8. The minimum absolute atomic E-state index is 0.151. The molecule has 0 aliphatic heterocycles. The Bertz CT molecular complexity index is 1350. The van der Waals surface area contributed by atoms with Crippen LogP contribution < -0.4 is 5.11 Å². The van der Waals surface area contributed by atoms with Crippen LogP contribution in [0.3, 0.4) is 0 Å². The predicted octanol–water partition coefficient (Wildman–Crippen LogP) is 21.1. The van der Waals surface area contributed by atoms with Gasteiger partial charge in [-0.15, -0.1) is 0 Å². The Morgan fingerprint density at radius 2 is 0.622 bits per heavy atom. The minimum atomic E-state index is -1.62. The summed E-state index contributed by atoms with van der Waals surface area (Å²) in [4.78, 5) is 37.4. The quantitative estimate of drug-likeness (QED) is 0.0195. The van der Waals surface area contributed by atoms with E-state index in [9.17, 15) is 19.5 Å². The van der Waals surface area contributed by atoms with Crippen molar-refractivity contribution < 1.29 is 42.9 Å². The highest BCUT2D eigenvalue weighted by Crippen LogP contribution is 2.19. The van der Waals surface area contributed by atoms with Crippen LogP contribution >= 0.6 is 0 Å². The summed E-state index contributed by atoms with van der Waals surface area (Å²) >= 11 is 0. The lowest BCUT2D eigenvalue weighted by Gasteiger charge is -2.26. The molecule has 9 nitrogen and oxygen atoms in total. The molecule has 0 rings (SSSR count). The molecule has 0 amide bonds. The number of aliphatic carboxylic acids is 1. The summed E-state index contributed by atoms with van der Waals surface area (Å²) in [5.41, 5.74) is 0. The van der Waals surface area contributed by atoms with Gasteiger partial charge in [0.05, 0.1) is 40.3 Å². The van der Waals surface area contributed by atoms with E-state index in [-0.39, 0.29) is 32.2 Å². The summed E-state index contributed by atoms with van der Waals surface area (Å²) in [6.45, 7) is 4.82. The van der Waals surface area contributed by atoms with Crippen molar-refractivity contribution in [2.45, 2.75) is 392 Å². The lowest BCUT2D eigenvalue weighted by Crippen LogP contribution is -2.44. The fourth-order valence-corrected chi connectivity index (χ4v) is 11.2. The Labute approximate surface area is 510 Å². The second-order valence-corrected chi connectivity index (χ2v) is 26.2. The van der Waals surface area contributed by atoms with Crippen LogP contribution in [0.1, 0.15) is 380 Å². The van der Waals surface area contributed by atoms with E-state index >= 15 is 0 Å². The number of carboxylic acids is 1. The zero-order valence-corrected chi connectivity index (χ0v) is 55.7. The number of hydrogen-bond acceptors (Lipinski definition) is 8. The first-order valence-electron chi connectivity index (χ1n) is 36.3. The maximum atomic E-state index is 12.9. The first-order chi connectivity index (χ1) is 40.1. The number of carbonyl (C=O) groups excluding carboxylic acids is 3. The van der Waals surface area contributed by atoms with Gasteiger partial charge in [0.15, 0.2) is 12.4 Å². The number of ether oxygens (including phenoxy) is 4.